The molecule has 4 atom stereocenters. The van der Waals surface area contributed by atoms with Crippen LogP contribution in [0.1, 0.15) is 18.5 Å². The zero-order chi connectivity index (χ0) is 30.2. The first-order chi connectivity index (χ1) is 18.9. The third-order valence-electron chi connectivity index (χ3n) is 5.07. The topological polar surface area (TPSA) is 275 Å². The molecule has 0 bridgehead atoms. The predicted octanol–water partition coefficient (Wildman–Crippen LogP) is -4.91. The van der Waals surface area contributed by atoms with E-state index < -0.39 is 85.2 Å². The van der Waals surface area contributed by atoms with Crippen LogP contribution in [0.4, 0.5) is 0 Å². The van der Waals surface area contributed by atoms with Gasteiger partial charge in [0, 0.05) is 6.42 Å². The Morgan fingerprint density at radius 2 is 1.43 bits per heavy atom. The van der Waals surface area contributed by atoms with Gasteiger partial charge in [0.05, 0.1) is 0 Å². The quantitative estimate of drug-likeness (QED) is 0.0657. The summed E-state index contributed by atoms with van der Waals surface area (Å²) in [5.74, 6) is -6.37. The van der Waals surface area contributed by atoms with Gasteiger partial charge < -0.3 is 15.5 Å². The molecule has 0 aromatic carbocycles. The van der Waals surface area contributed by atoms with Gasteiger partial charge in [-0.3, -0.25) is 9.59 Å². The summed E-state index contributed by atoms with van der Waals surface area (Å²) in [6.07, 6.45) is 1.83. The molecule has 1 heterocycles. The van der Waals surface area contributed by atoms with E-state index in [0.717, 1.165) is 0 Å². The van der Waals surface area contributed by atoms with E-state index in [0.29, 0.717) is 5.69 Å². The summed E-state index contributed by atoms with van der Waals surface area (Å²) in [4.78, 5) is 90.3. The maximum absolute atomic E-state index is 12.8. The second kappa shape index (κ2) is 18.0. The van der Waals surface area contributed by atoms with Gasteiger partial charge in [0.2, 0.25) is 0 Å². The van der Waals surface area contributed by atoms with Crippen molar-refractivity contribution in [2.24, 2.45) is 5.73 Å². The number of carboxylic acid groups (broad SMARTS) is 2. The normalized spacial score (nSPS) is 13.6. The van der Waals surface area contributed by atoms with Gasteiger partial charge >= 0.3 is 196 Å². The minimum Gasteiger partial charge on any atom is -0.481 e. The number of aliphatic carboxylic acids is 2. The number of aromatic nitrogens is 2. The van der Waals surface area contributed by atoms with Crippen LogP contribution in [-0.4, -0.2) is 131 Å². The number of carbonyl (C=O) groups excluding carboxylic acids is 5. The molecule has 19 heteroatoms. The van der Waals surface area contributed by atoms with E-state index in [4.69, 9.17) is 15.9 Å². The number of nitrogens with two attached hydrogens (primary N) is 1. The van der Waals surface area contributed by atoms with E-state index in [-0.39, 0.29) is 23.5 Å². The molecule has 17 nitrogen and oxygen atoms in total. The number of nitrogens with one attached hydrogen (secondary N) is 6. The zero-order valence-corrected chi connectivity index (χ0v) is 24.4. The van der Waals surface area contributed by atoms with Gasteiger partial charge in [-0.25, -0.2) is 4.79 Å². The predicted molar refractivity (Wildman–Crippen MR) is 138 cm³/mol. The van der Waals surface area contributed by atoms with Crippen LogP contribution in [0.25, 0.3) is 0 Å². The summed E-state index contributed by atoms with van der Waals surface area (Å²) in [6, 6.07) is -4.55. The monoisotopic (exact) mass is 698 g/mol. The van der Waals surface area contributed by atoms with Crippen LogP contribution < -0.4 is 32.3 Å². The molecular weight excluding hydrogens is 666 g/mol. The molecule has 10 N–H and O–H groups in total. The fourth-order valence-corrected chi connectivity index (χ4v) is 3.77. The molecule has 0 unspecified atom stereocenters. The number of hydrogen-bond donors (Lipinski definition) is 9. The number of imidazole rings is 1. The third kappa shape index (κ3) is 13.0. The van der Waals surface area contributed by atoms with Crippen LogP contribution in [0.5, 0.6) is 0 Å². The van der Waals surface area contributed by atoms with Crippen molar-refractivity contribution in [3.8, 4) is 0 Å². The number of rotatable bonds is 18. The average molecular weight is 696 g/mol. The first-order valence-corrected chi connectivity index (χ1v) is 14.1. The Bertz CT molecular complexity index is 1060. The minimum absolute atomic E-state index is 0.0714. The Kier molecular flexibility index (Phi) is 15.5. The molecule has 1 aromatic heterocycles. The van der Waals surface area contributed by atoms with Crippen molar-refractivity contribution in [3.63, 3.8) is 0 Å². The average Bonchev–Trinajstić information content (AvgIpc) is 3.43. The first kappa shape index (κ1) is 34.5. The fourth-order valence-electron chi connectivity index (χ4n) is 2.96. The van der Waals surface area contributed by atoms with Crippen molar-refractivity contribution in [1.29, 1.82) is 0 Å². The van der Waals surface area contributed by atoms with Gasteiger partial charge in [-0.1, -0.05) is 0 Å². The summed E-state index contributed by atoms with van der Waals surface area (Å²) in [7, 11) is 0. The summed E-state index contributed by atoms with van der Waals surface area (Å²) in [5.41, 5.74) is 6.08. The van der Waals surface area contributed by atoms with Crippen molar-refractivity contribution >= 4 is 73.5 Å². The Morgan fingerprint density at radius 3 is 1.90 bits per heavy atom. The van der Waals surface area contributed by atoms with Crippen LogP contribution >= 0.6 is 0 Å². The van der Waals surface area contributed by atoms with Crippen LogP contribution in [0.15, 0.2) is 12.5 Å². The molecule has 0 fully saturated rings. The van der Waals surface area contributed by atoms with Crippen LogP contribution in [0.3, 0.4) is 0 Å². The molecule has 1 rings (SSSR count). The molecule has 0 saturated heterocycles. The first-order valence-electron chi connectivity index (χ1n) is 11.7. The SMILES string of the molecule is N[C@@H](C[Se])C(=O)N[C@@H](C[Se])C(=O)NCC(=O)N[C@@H](Cc1cnc[nH]1)C(=O)NCC(=O)N[C@@H](CCC(=O)O)C(=O)O. The zero-order valence-electron chi connectivity index (χ0n) is 21.0. The number of carbonyl (C=O) groups is 7. The van der Waals surface area contributed by atoms with Crippen molar-refractivity contribution in [3.05, 3.63) is 18.2 Å². The van der Waals surface area contributed by atoms with E-state index >= 15 is 0 Å². The van der Waals surface area contributed by atoms with Gasteiger partial charge in [-0.2, -0.15) is 0 Å². The van der Waals surface area contributed by atoms with E-state index in [9.17, 15) is 33.6 Å². The summed E-state index contributed by atoms with van der Waals surface area (Å²) in [5, 5.41) is 29.8. The third-order valence-corrected chi connectivity index (χ3v) is 6.53. The molecule has 0 spiro atoms. The van der Waals surface area contributed by atoms with Gasteiger partial charge in [-0.05, 0) is 6.42 Å². The number of amides is 5. The van der Waals surface area contributed by atoms with Crippen molar-refractivity contribution in [2.75, 3.05) is 13.1 Å². The molecule has 0 aliphatic rings. The number of H-pyrrole nitrogens is 1. The number of nitrogens with zero attached hydrogens (tertiary/aromatic N) is 1. The maximum atomic E-state index is 12.8. The Labute approximate surface area is 244 Å². The van der Waals surface area contributed by atoms with Crippen LogP contribution in [0.2, 0.25) is 10.6 Å². The molecule has 1 aromatic rings. The second-order valence-electron chi connectivity index (χ2n) is 8.23. The van der Waals surface area contributed by atoms with Gasteiger partial charge in [-0.15, -0.1) is 0 Å². The van der Waals surface area contributed by atoms with Gasteiger partial charge in [0.1, 0.15) is 6.04 Å². The fraction of sp³-hybridized carbons (Fsp3) is 0.524. The van der Waals surface area contributed by atoms with Gasteiger partial charge in [0.25, 0.3) is 0 Å². The molecule has 0 aliphatic heterocycles. The molecule has 40 heavy (non-hydrogen) atoms. The molecule has 0 aliphatic carbocycles. The molecule has 220 valence electrons. The van der Waals surface area contributed by atoms with Crippen LogP contribution in [-0.2, 0) is 40.0 Å². The van der Waals surface area contributed by atoms with E-state index in [2.05, 4.69) is 68.6 Å². The van der Waals surface area contributed by atoms with Crippen molar-refractivity contribution < 1.29 is 43.8 Å². The molecule has 0 saturated carbocycles. The summed E-state index contributed by atoms with van der Waals surface area (Å²) in [6.45, 7) is -1.20. The Morgan fingerprint density at radius 1 is 0.850 bits per heavy atom. The Hall–Kier alpha value is -3.50. The minimum atomic E-state index is -1.48. The van der Waals surface area contributed by atoms with Crippen molar-refractivity contribution in [2.45, 2.75) is 54.1 Å². The molecular formula is C21H30N8O9Se2. The smallest absolute Gasteiger partial charge is 0.481 e. The molecule has 5 amide bonds. The van der Waals surface area contributed by atoms with E-state index in [1.165, 1.54) is 12.5 Å². The molecule has 2 radical (unpaired) electrons. The number of aromatic amines is 1. The summed E-state index contributed by atoms with van der Waals surface area (Å²) >= 11 is 5.23. The number of carboxylic acids is 2. The van der Waals surface area contributed by atoms with Gasteiger partial charge in [0.15, 0.2) is 0 Å². The summed E-state index contributed by atoms with van der Waals surface area (Å²) < 4.78 is 0. The number of hydrogen-bond acceptors (Lipinski definition) is 9. The standard InChI is InChI=1S/C21H30N8O9Se2/c22-11(7-39)18(34)29-14(8-40)20(36)25-6-16(31)28-13(3-10-4-23-9-26-10)19(35)24-5-15(30)27-12(21(37)38)1-2-17(32)33/h4,9,11-14H,1-3,5-8,22H2,(H,23,26)(H,24,35)(H,25,36)(H,27,30)(H,28,31)(H,29,34)(H,32,33)(H,37,38)/t11-,12-,13-,14-/m0/s1. The van der Waals surface area contributed by atoms with E-state index in [1.807, 2.05) is 0 Å². The Balaban J connectivity index is 2.73. The van der Waals surface area contributed by atoms with Crippen LogP contribution in [0, 0.1) is 0 Å². The second-order valence-corrected chi connectivity index (χ2v) is 9.63. The van der Waals surface area contributed by atoms with E-state index in [1.54, 1.807) is 0 Å². The van der Waals surface area contributed by atoms with Crippen molar-refractivity contribution in [1.82, 2.24) is 36.6 Å².